The lowest BCUT2D eigenvalue weighted by Gasteiger charge is -2.32. The van der Waals surface area contributed by atoms with E-state index in [1.807, 2.05) is 26.1 Å². The second-order valence-electron chi connectivity index (χ2n) is 12.2. The summed E-state index contributed by atoms with van der Waals surface area (Å²) in [7, 11) is 17.0. The number of anilines is 1. The number of aliphatic imine (C=N–C) groups is 2. The van der Waals surface area contributed by atoms with Crippen LogP contribution in [0.15, 0.2) is 63.9 Å². The van der Waals surface area contributed by atoms with E-state index in [1.165, 1.54) is 42.7 Å². The van der Waals surface area contributed by atoms with E-state index in [1.54, 1.807) is 0 Å². The summed E-state index contributed by atoms with van der Waals surface area (Å²) in [6.07, 6.45) is 2.80. The highest BCUT2D eigenvalue weighted by molar-refractivity contribution is 6.56. The highest BCUT2D eigenvalue weighted by Crippen LogP contribution is 2.34. The van der Waals surface area contributed by atoms with Gasteiger partial charge in [-0.25, -0.2) is 14.2 Å². The lowest BCUT2D eigenvalue weighted by molar-refractivity contribution is 0.0690. The summed E-state index contributed by atoms with van der Waals surface area (Å²) in [4.78, 5) is 35.3. The molecule has 3 rings (SSSR count). The predicted octanol–water partition coefficient (Wildman–Crippen LogP) is 3.70. The maximum absolute atomic E-state index is 15.6. The van der Waals surface area contributed by atoms with Crippen molar-refractivity contribution in [2.45, 2.75) is 45.0 Å². The Morgan fingerprint density at radius 1 is 1.22 bits per heavy atom. The number of benzene rings is 2. The molecule has 51 heavy (non-hydrogen) atoms. The van der Waals surface area contributed by atoms with Crippen LogP contribution >= 0.6 is 11.6 Å². The van der Waals surface area contributed by atoms with Gasteiger partial charge in [0.05, 0.1) is 46.5 Å². The number of amides is 2. The van der Waals surface area contributed by atoms with Gasteiger partial charge in [0.2, 0.25) is 0 Å². The minimum atomic E-state index is -3.20. The summed E-state index contributed by atoms with van der Waals surface area (Å²) in [6.45, 7) is 4.60. The molecule has 0 fully saturated rings. The zero-order valence-corrected chi connectivity index (χ0v) is 28.8. The molecule has 20 heteroatoms. The fraction of sp³-hybridized carbons (Fsp3) is 0.355. The lowest BCUT2D eigenvalue weighted by Crippen LogP contribution is -2.46. The number of nitrogens with zero attached hydrogens (tertiary/aromatic N) is 7. The molecule has 0 aliphatic heterocycles. The SMILES string of the molecule is [B]C([B])([B])n1cc(-c2ccc(C(=O)N(C(N)=NCCC(C)(C)C)[C@H](COC(=O)NCO)c3ccc(Cl)c(N(/N=C\N=C)C(F)F)c3)cc2F)cn1. The van der Waals surface area contributed by atoms with Gasteiger partial charge in [0.25, 0.3) is 5.91 Å². The van der Waals surface area contributed by atoms with E-state index in [9.17, 15) is 18.4 Å². The van der Waals surface area contributed by atoms with Crippen LogP contribution in [0, 0.1) is 11.2 Å². The molecule has 13 nitrogen and oxygen atoms in total. The Labute approximate surface area is 302 Å². The van der Waals surface area contributed by atoms with E-state index >= 15 is 4.39 Å². The van der Waals surface area contributed by atoms with E-state index in [2.05, 4.69) is 26.9 Å². The van der Waals surface area contributed by atoms with Crippen molar-refractivity contribution in [2.24, 2.45) is 26.2 Å². The minimum Gasteiger partial charge on any atom is -0.447 e. The summed E-state index contributed by atoms with van der Waals surface area (Å²) in [5, 5.41) is 16.9. The fourth-order valence-corrected chi connectivity index (χ4v) is 4.70. The van der Waals surface area contributed by atoms with Gasteiger partial charge < -0.3 is 15.6 Å². The van der Waals surface area contributed by atoms with Crippen molar-refractivity contribution in [2.75, 3.05) is 24.9 Å². The molecular formula is C31H34B3ClF3N9O4. The number of hydrogen-bond acceptors (Lipinski definition) is 8. The monoisotopic (exact) mass is 721 g/mol. The average molecular weight is 722 g/mol. The molecule has 6 radical (unpaired) electrons. The molecule has 0 aliphatic rings. The largest absolute Gasteiger partial charge is 0.447 e. The van der Waals surface area contributed by atoms with Crippen LogP contribution in [-0.2, 0) is 9.97 Å². The number of aliphatic hydroxyl groups excluding tert-OH is 1. The number of nitrogens with two attached hydrogens (primary N) is 1. The number of alkyl halides is 2. The van der Waals surface area contributed by atoms with Crippen molar-refractivity contribution in [1.29, 1.82) is 0 Å². The Bertz CT molecular complexity index is 1770. The number of halogens is 4. The Balaban J connectivity index is 2.21. The summed E-state index contributed by atoms with van der Waals surface area (Å²) < 4.78 is 50.2. The first-order valence-corrected chi connectivity index (χ1v) is 15.5. The zero-order valence-electron chi connectivity index (χ0n) is 28.0. The van der Waals surface area contributed by atoms with Gasteiger partial charge in [-0.15, -0.1) is 0 Å². The first-order valence-electron chi connectivity index (χ1n) is 15.1. The first kappa shape index (κ1) is 40.7. The molecule has 2 amide bonds. The second kappa shape index (κ2) is 17.4. The van der Waals surface area contributed by atoms with Gasteiger partial charge in [0, 0.05) is 29.4 Å². The summed E-state index contributed by atoms with van der Waals surface area (Å²) in [5.41, 5.74) is 6.05. The van der Waals surface area contributed by atoms with Crippen molar-refractivity contribution in [3.8, 4) is 11.1 Å². The molecule has 4 N–H and O–H groups in total. The Morgan fingerprint density at radius 3 is 2.49 bits per heavy atom. The average Bonchev–Trinajstić information content (AvgIpc) is 3.54. The van der Waals surface area contributed by atoms with Gasteiger partial charge in [-0.05, 0) is 53.6 Å². The van der Waals surface area contributed by atoms with Crippen LogP contribution < -0.4 is 16.1 Å². The number of guanidine groups is 1. The smallest absolute Gasteiger partial charge is 0.409 e. The molecule has 0 saturated heterocycles. The number of ether oxygens (including phenoxy) is 1. The summed E-state index contributed by atoms with van der Waals surface area (Å²) in [6, 6.07) is 5.94. The third kappa shape index (κ3) is 11.1. The maximum atomic E-state index is 15.6. The molecule has 0 bridgehead atoms. The predicted molar refractivity (Wildman–Crippen MR) is 192 cm³/mol. The lowest BCUT2D eigenvalue weighted by atomic mass is 9.49. The molecule has 3 aromatic rings. The molecule has 0 unspecified atom stereocenters. The number of carbonyl (C=O) groups excluding carboxylic acids is 2. The molecule has 2 aromatic carbocycles. The Morgan fingerprint density at radius 2 is 1.92 bits per heavy atom. The number of hydrazone groups is 1. The first-order chi connectivity index (χ1) is 23.9. The number of carbonyl (C=O) groups is 2. The van der Waals surface area contributed by atoms with E-state index in [4.69, 9.17) is 50.7 Å². The van der Waals surface area contributed by atoms with Gasteiger partial charge in [0.15, 0.2) is 5.96 Å². The highest BCUT2D eigenvalue weighted by atomic mass is 35.5. The van der Waals surface area contributed by atoms with Gasteiger partial charge in [0.1, 0.15) is 25.5 Å². The molecule has 0 spiro atoms. The van der Waals surface area contributed by atoms with Crippen LogP contribution in [0.5, 0.6) is 0 Å². The van der Waals surface area contributed by atoms with Crippen LogP contribution in [0.1, 0.15) is 49.2 Å². The van der Waals surface area contributed by atoms with Crippen molar-refractivity contribution in [3.63, 3.8) is 0 Å². The molecule has 1 heterocycles. The fourth-order valence-electron chi connectivity index (χ4n) is 4.49. The number of nitrogens with one attached hydrogen (secondary N) is 1. The van der Waals surface area contributed by atoms with E-state index in [0.29, 0.717) is 6.42 Å². The van der Waals surface area contributed by atoms with Gasteiger partial charge >= 0.3 is 12.6 Å². The quantitative estimate of drug-likeness (QED) is 0.0571. The molecule has 1 atom stereocenters. The number of rotatable bonds is 14. The third-order valence-electron chi connectivity index (χ3n) is 7.06. The normalized spacial score (nSPS) is 12.9. The molecular weight excluding hydrogens is 687 g/mol. The van der Waals surface area contributed by atoms with Crippen molar-refractivity contribution in [1.82, 2.24) is 20.0 Å². The van der Waals surface area contributed by atoms with Crippen LogP contribution in [0.4, 0.5) is 23.7 Å². The van der Waals surface area contributed by atoms with Crippen molar-refractivity contribution < 1.29 is 32.6 Å². The highest BCUT2D eigenvalue weighted by Gasteiger charge is 2.33. The minimum absolute atomic E-state index is 0.0185. The topological polar surface area (TPSA) is 163 Å². The standard InChI is InChI=1S/C31H34B3ClF3N9O4/c1-30(2,3)9-10-41-28(39)46(26(49)19-5-7-21(23(36)11-19)20-13-43-45(14-20)31(32,33)34)25(15-51-29(50)42-17-48)18-6-8-22(35)24(12-18)47(27(37)38)44-16-40-4/h5-8,11-14,16,25,27,48H,4,9-10,15,17H2,1-3H3,(H2,39,41)(H,42,50)/b44-16-/t25-/m1/s1. The van der Waals surface area contributed by atoms with Crippen LogP contribution in [-0.4, -0.2) is 101 Å². The number of aliphatic hydroxyl groups is 1. The number of hydrogen-bond donors (Lipinski definition) is 3. The molecule has 1 aromatic heterocycles. The second-order valence-corrected chi connectivity index (χ2v) is 12.6. The summed E-state index contributed by atoms with van der Waals surface area (Å²) >= 11 is 6.29. The van der Waals surface area contributed by atoms with Gasteiger partial charge in [-0.1, -0.05) is 44.5 Å². The zero-order chi connectivity index (χ0) is 38.1. The van der Waals surface area contributed by atoms with Crippen LogP contribution in [0.3, 0.4) is 0 Å². The molecule has 264 valence electrons. The molecule has 0 saturated carbocycles. The molecule has 0 aliphatic carbocycles. The van der Waals surface area contributed by atoms with E-state index in [0.717, 1.165) is 22.0 Å². The van der Waals surface area contributed by atoms with E-state index in [-0.39, 0.29) is 55.9 Å². The summed E-state index contributed by atoms with van der Waals surface area (Å²) in [5.74, 6) is -2.14. The number of alkyl carbamates (subject to hydrolysis) is 1. The van der Waals surface area contributed by atoms with Crippen molar-refractivity contribution >= 4 is 71.8 Å². The third-order valence-corrected chi connectivity index (χ3v) is 7.38. The number of aromatic nitrogens is 2. The Kier molecular flexibility index (Phi) is 13.9. The van der Waals surface area contributed by atoms with Crippen molar-refractivity contribution in [3.05, 3.63) is 70.8 Å². The van der Waals surface area contributed by atoms with E-state index < -0.39 is 49.0 Å². The van der Waals surface area contributed by atoms with Crippen LogP contribution in [0.25, 0.3) is 11.1 Å². The van der Waals surface area contributed by atoms with Crippen LogP contribution in [0.2, 0.25) is 5.02 Å². The maximum Gasteiger partial charge on any atom is 0.409 e. The van der Waals surface area contributed by atoms with Gasteiger partial charge in [-0.2, -0.15) is 19.0 Å². The Hall–Kier alpha value is -4.77. The van der Waals surface area contributed by atoms with Gasteiger partial charge in [-0.3, -0.25) is 29.7 Å².